The number of carboxylic acids is 1. The Morgan fingerprint density at radius 3 is 1.37 bits per heavy atom. The topological polar surface area (TPSA) is 248 Å². The first kappa shape index (κ1) is 56.0. The van der Waals surface area contributed by atoms with E-state index >= 15 is 0 Å². The lowest BCUT2D eigenvalue weighted by Gasteiger charge is -2.38. The number of aromatic nitrogens is 8. The number of aliphatic carboxylic acids is 1. The highest BCUT2D eigenvalue weighted by Crippen LogP contribution is 2.45. The molecule has 2 saturated carbocycles. The molecule has 8 aromatic rings. The van der Waals surface area contributed by atoms with E-state index < -0.39 is 17.2 Å². The quantitative estimate of drug-likeness (QED) is 0.0503. The third kappa shape index (κ3) is 12.0. The second-order valence-corrected chi connectivity index (χ2v) is 20.8. The first-order valence-electron chi connectivity index (χ1n) is 25.7. The summed E-state index contributed by atoms with van der Waals surface area (Å²) in [6.07, 6.45) is 11.5. The molecular weight excluding hydrogens is 1130 g/mol. The predicted octanol–water partition coefficient (Wildman–Crippen LogP) is 10.00. The third-order valence-electron chi connectivity index (χ3n) is 14.6. The maximum atomic E-state index is 13.1. The van der Waals surface area contributed by atoms with E-state index in [0.29, 0.717) is 110 Å². The van der Waals surface area contributed by atoms with Crippen LogP contribution < -0.4 is 11.5 Å². The van der Waals surface area contributed by atoms with Crippen molar-refractivity contribution in [3.05, 3.63) is 130 Å². The van der Waals surface area contributed by atoms with Gasteiger partial charge in [-0.15, -0.1) is 0 Å². The number of carboxylic acid groups (broad SMARTS) is 1. The summed E-state index contributed by atoms with van der Waals surface area (Å²) in [5.41, 5.74) is 21.0. The van der Waals surface area contributed by atoms with Crippen molar-refractivity contribution in [2.24, 2.45) is 0 Å². The van der Waals surface area contributed by atoms with Crippen LogP contribution in [-0.4, -0.2) is 128 Å². The molecule has 6 aromatic heterocycles. The molecule has 2 aliphatic rings. The van der Waals surface area contributed by atoms with Crippen LogP contribution in [0.1, 0.15) is 74.6 Å². The molecule has 19 nitrogen and oxygen atoms in total. The molecule has 2 aromatic carbocycles. The number of halogens is 2. The van der Waals surface area contributed by atoms with Gasteiger partial charge in [-0.2, -0.15) is 19.2 Å². The van der Waals surface area contributed by atoms with Gasteiger partial charge in [-0.1, -0.05) is 72.8 Å². The zero-order chi connectivity index (χ0) is 54.8. The average molecular weight is 1190 g/mol. The van der Waals surface area contributed by atoms with Crippen LogP contribution in [0, 0.1) is 0 Å². The number of nitrogens with two attached hydrogens (primary N) is 2. The lowest BCUT2D eigenvalue weighted by Crippen LogP contribution is -2.46. The fourth-order valence-electron chi connectivity index (χ4n) is 10.2. The summed E-state index contributed by atoms with van der Waals surface area (Å²) in [6, 6.07) is 28.0. The normalized spacial score (nSPS) is 19.3. The van der Waals surface area contributed by atoms with E-state index in [9.17, 15) is 14.7 Å². The van der Waals surface area contributed by atoms with Gasteiger partial charge in [-0.3, -0.25) is 9.97 Å². The van der Waals surface area contributed by atoms with E-state index in [1.807, 2.05) is 97.3 Å². The highest BCUT2D eigenvalue weighted by molar-refractivity contribution is 9.11. The Labute approximate surface area is 468 Å². The van der Waals surface area contributed by atoms with Crippen molar-refractivity contribution < 1.29 is 43.1 Å². The molecule has 5 N–H and O–H groups in total. The summed E-state index contributed by atoms with van der Waals surface area (Å²) in [6.45, 7) is 1.80. The second-order valence-electron chi connectivity index (χ2n) is 19.2. The van der Waals surface area contributed by atoms with Crippen LogP contribution in [0.4, 0.5) is 11.6 Å². The number of ether oxygens (including phenoxy) is 6. The van der Waals surface area contributed by atoms with Crippen LogP contribution >= 0.6 is 31.9 Å². The minimum Gasteiger partial charge on any atom is -0.479 e. The number of hydrogen-bond donors (Lipinski definition) is 3. The van der Waals surface area contributed by atoms with Crippen LogP contribution in [0.2, 0.25) is 0 Å². The van der Waals surface area contributed by atoms with E-state index in [-0.39, 0.29) is 31.0 Å². The molecule has 0 unspecified atom stereocenters. The largest absolute Gasteiger partial charge is 0.479 e. The van der Waals surface area contributed by atoms with Gasteiger partial charge in [0.25, 0.3) is 0 Å². The highest BCUT2D eigenvalue weighted by atomic mass is 79.9. The van der Waals surface area contributed by atoms with E-state index in [1.54, 1.807) is 42.8 Å². The minimum absolute atomic E-state index is 0.0292. The average Bonchev–Trinajstić information content (AvgIpc) is 4.16. The third-order valence-corrected chi connectivity index (χ3v) is 16.2. The summed E-state index contributed by atoms with van der Waals surface area (Å²) in [5.74, 6) is -0.293. The van der Waals surface area contributed by atoms with Crippen molar-refractivity contribution in [2.45, 2.75) is 74.4 Å². The van der Waals surface area contributed by atoms with Gasteiger partial charge < -0.3 is 45.0 Å². The highest BCUT2D eigenvalue weighted by Gasteiger charge is 2.46. The molecule has 408 valence electrons. The molecule has 0 aliphatic heterocycles. The molecule has 0 amide bonds. The van der Waals surface area contributed by atoms with Gasteiger partial charge in [0.05, 0.1) is 77.1 Å². The zero-order valence-corrected chi connectivity index (χ0v) is 46.8. The number of carbonyl (C=O) groups excluding carboxylic acids is 1. The van der Waals surface area contributed by atoms with Gasteiger partial charge in [0.2, 0.25) is 0 Å². The van der Waals surface area contributed by atoms with Gasteiger partial charge in [0.15, 0.2) is 22.5 Å². The number of anilines is 2. The summed E-state index contributed by atoms with van der Waals surface area (Å²) in [7, 11) is 4.74. The summed E-state index contributed by atoms with van der Waals surface area (Å²) >= 11 is 7.30. The number of carbonyl (C=O) groups is 2. The first-order valence-corrected chi connectivity index (χ1v) is 27.3. The lowest BCUT2D eigenvalue weighted by atomic mass is 9.77. The van der Waals surface area contributed by atoms with E-state index in [2.05, 4.69) is 52.0 Å². The number of hydrogen-bond acceptors (Lipinski definition) is 16. The van der Waals surface area contributed by atoms with Gasteiger partial charge in [-0.25, -0.2) is 19.6 Å². The molecule has 78 heavy (non-hydrogen) atoms. The fourth-order valence-corrected chi connectivity index (χ4v) is 11.3. The Morgan fingerprint density at radius 1 is 0.564 bits per heavy atom. The Hall–Kier alpha value is -6.72. The maximum absolute atomic E-state index is 13.1. The fraction of sp³-hybridized carbons (Fsp3) is 0.368. The van der Waals surface area contributed by atoms with E-state index in [1.165, 1.54) is 0 Å². The minimum atomic E-state index is -1.20. The summed E-state index contributed by atoms with van der Waals surface area (Å²) in [5, 5.41) is 18.9. The number of pyridine rings is 2. The molecule has 10 rings (SSSR count). The first-order chi connectivity index (χ1) is 37.9. The molecule has 2 fully saturated rings. The number of benzene rings is 2. The Bertz CT molecular complexity index is 3310. The molecule has 21 heteroatoms. The molecule has 0 bridgehead atoms. The zero-order valence-electron chi connectivity index (χ0n) is 43.6. The molecular formula is C57H62Br2N10O9. The second kappa shape index (κ2) is 25.4. The molecule has 0 radical (unpaired) electrons. The number of esters is 1. The van der Waals surface area contributed by atoms with Crippen molar-refractivity contribution in [1.82, 2.24) is 39.2 Å². The summed E-state index contributed by atoms with van der Waals surface area (Å²) in [4.78, 5) is 44.5. The summed E-state index contributed by atoms with van der Waals surface area (Å²) < 4.78 is 37.2. The predicted molar refractivity (Wildman–Crippen MR) is 302 cm³/mol. The van der Waals surface area contributed by atoms with Crippen LogP contribution in [0.15, 0.2) is 119 Å². The van der Waals surface area contributed by atoms with Crippen molar-refractivity contribution in [1.29, 1.82) is 0 Å². The van der Waals surface area contributed by atoms with Gasteiger partial charge in [0.1, 0.15) is 18.2 Å². The van der Waals surface area contributed by atoms with Crippen molar-refractivity contribution in [2.75, 3.05) is 72.4 Å². The van der Waals surface area contributed by atoms with Crippen molar-refractivity contribution in [3.8, 4) is 44.8 Å². The van der Waals surface area contributed by atoms with Gasteiger partial charge >= 0.3 is 11.9 Å². The maximum Gasteiger partial charge on any atom is 0.338 e. The molecule has 0 saturated heterocycles. The smallest absolute Gasteiger partial charge is 0.338 e. The number of nitrogens with zero attached hydrogens (tertiary/aromatic N) is 8. The van der Waals surface area contributed by atoms with Crippen LogP contribution in [0.5, 0.6) is 0 Å². The Balaban J connectivity index is 0.000000191. The van der Waals surface area contributed by atoms with Gasteiger partial charge in [0, 0.05) is 78.9 Å². The Morgan fingerprint density at radius 2 is 0.974 bits per heavy atom. The molecule has 0 spiro atoms. The molecule has 2 aliphatic carbocycles. The Kier molecular flexibility index (Phi) is 18.2. The monoisotopic (exact) mass is 1190 g/mol. The number of methoxy groups -OCH3 is 3. The van der Waals surface area contributed by atoms with E-state index in [4.69, 9.17) is 49.9 Å². The van der Waals surface area contributed by atoms with Crippen LogP contribution in [-0.2, 0) is 38.0 Å². The SMILES string of the molecule is COCCOC(=O)C1(OCCOC)CCC(c2nc3c(-c4ccc(-c5ccccc5)nc4)cnn3c(N)c2Br)CC1.COCCOC1(C(=O)O)CCC(c2nc3c(-c4ccc(-c5ccccc5)nc4)cnn3c(N)c2Br)CC1. The van der Waals surface area contributed by atoms with Crippen LogP contribution in [0.25, 0.3) is 56.1 Å². The number of fused-ring (bicyclic) bond motifs is 2. The standard InChI is InChI=1S/C30H34BrN5O5.C27H28BrN5O4/c1-38-14-16-40-29(37)30(41-17-15-39-2)12-10-21(11-13-30)26-25(31)27(32)36-28(35-26)23(19-34-36)22-8-9-24(33-18-22)20-6-4-3-5-7-20;1-36-13-14-37-27(26(34)35)11-9-18(10-12-27)23-22(28)24(29)33-25(32-23)20(16-31-33)19-7-8-21(30-15-19)17-5-3-2-4-6-17/h3-9,18-19,21H,10-17,32H2,1-2H3;2-8,15-16,18H,9-14,29H2,1H3,(H,34,35). The lowest BCUT2D eigenvalue weighted by molar-refractivity contribution is -0.181. The van der Waals surface area contributed by atoms with Gasteiger partial charge in [-0.05, 0) is 95.4 Å². The van der Waals surface area contributed by atoms with Crippen molar-refractivity contribution in [3.63, 3.8) is 0 Å². The van der Waals surface area contributed by atoms with Crippen molar-refractivity contribution >= 4 is 66.7 Å². The number of nitrogen functional groups attached to an aromatic ring is 2. The molecule has 0 atom stereocenters. The molecule has 6 heterocycles. The van der Waals surface area contributed by atoms with E-state index in [0.717, 1.165) is 56.2 Å². The van der Waals surface area contributed by atoms with Crippen LogP contribution in [0.3, 0.4) is 0 Å². The number of rotatable bonds is 19.